The molecule has 0 atom stereocenters. The van der Waals surface area contributed by atoms with Gasteiger partial charge in [0, 0.05) is 44.1 Å². The number of carbonyl (C=O) groups excluding carboxylic acids is 2. The maximum atomic E-state index is 13.1. The number of aromatic nitrogens is 3. The molecule has 180 valence electrons. The number of pyridine rings is 1. The molecule has 0 saturated carbocycles. The molecule has 1 fully saturated rings. The number of ether oxygens (including phenoxy) is 2. The van der Waals surface area contributed by atoms with E-state index in [1.54, 1.807) is 31.6 Å². The predicted octanol–water partition coefficient (Wildman–Crippen LogP) is 1.71. The standard InChI is InChI=1S/C24H25N7O4/c1-34-20-11-15-14-31(23(33)16(15)12-21(20)35-2)24-27-6-3-17(29-24)22(32)28-18-13-26-5-4-19(18)30-9-7-25-8-10-30/h3-6,11-13,25H,7-10,14H2,1-2H3,(H,28,32). The molecule has 0 radical (unpaired) electrons. The minimum atomic E-state index is -0.412. The van der Waals surface area contributed by atoms with E-state index in [4.69, 9.17) is 9.47 Å². The van der Waals surface area contributed by atoms with Crippen LogP contribution in [0.1, 0.15) is 26.4 Å². The fraction of sp³-hybridized carbons (Fsp3) is 0.292. The maximum Gasteiger partial charge on any atom is 0.274 e. The van der Waals surface area contributed by atoms with E-state index in [-0.39, 0.29) is 24.1 Å². The number of piperazine rings is 1. The molecule has 1 aromatic carbocycles. The van der Waals surface area contributed by atoms with Gasteiger partial charge in [0.25, 0.3) is 11.8 Å². The number of amides is 2. The number of hydrogen-bond donors (Lipinski definition) is 2. The van der Waals surface area contributed by atoms with Crippen LogP contribution in [0.5, 0.6) is 11.5 Å². The van der Waals surface area contributed by atoms with Gasteiger partial charge in [-0.2, -0.15) is 0 Å². The Labute approximate surface area is 202 Å². The van der Waals surface area contributed by atoms with Crippen LogP contribution < -0.4 is 29.9 Å². The van der Waals surface area contributed by atoms with Crippen molar-refractivity contribution in [1.29, 1.82) is 0 Å². The Morgan fingerprint density at radius 1 is 1.09 bits per heavy atom. The molecule has 2 N–H and O–H groups in total. The summed E-state index contributed by atoms with van der Waals surface area (Å²) in [5.41, 5.74) is 2.89. The largest absolute Gasteiger partial charge is 0.493 e. The first-order valence-electron chi connectivity index (χ1n) is 11.2. The summed E-state index contributed by atoms with van der Waals surface area (Å²) < 4.78 is 10.7. The van der Waals surface area contributed by atoms with Crippen LogP contribution in [0.4, 0.5) is 17.3 Å². The third-order valence-corrected chi connectivity index (χ3v) is 6.03. The number of nitrogens with zero attached hydrogens (tertiary/aromatic N) is 5. The van der Waals surface area contributed by atoms with Crippen LogP contribution in [0.15, 0.2) is 42.9 Å². The van der Waals surface area contributed by atoms with Gasteiger partial charge in [-0.1, -0.05) is 0 Å². The predicted molar refractivity (Wildman–Crippen MR) is 129 cm³/mol. The third-order valence-electron chi connectivity index (χ3n) is 6.03. The summed E-state index contributed by atoms with van der Waals surface area (Å²) in [6.07, 6.45) is 4.80. The van der Waals surface area contributed by atoms with Crippen molar-refractivity contribution in [2.45, 2.75) is 6.54 Å². The van der Waals surface area contributed by atoms with Crippen molar-refractivity contribution in [2.24, 2.45) is 0 Å². The van der Waals surface area contributed by atoms with E-state index in [1.165, 1.54) is 24.3 Å². The average molecular weight is 476 g/mol. The van der Waals surface area contributed by atoms with Crippen LogP contribution in [0.2, 0.25) is 0 Å². The molecule has 0 spiro atoms. The molecule has 5 rings (SSSR count). The maximum absolute atomic E-state index is 13.1. The summed E-state index contributed by atoms with van der Waals surface area (Å²) in [7, 11) is 3.06. The monoisotopic (exact) mass is 475 g/mol. The molecule has 2 aliphatic rings. The summed E-state index contributed by atoms with van der Waals surface area (Å²) >= 11 is 0. The lowest BCUT2D eigenvalue weighted by Gasteiger charge is -2.30. The number of hydrogen-bond acceptors (Lipinski definition) is 9. The van der Waals surface area contributed by atoms with Crippen molar-refractivity contribution < 1.29 is 19.1 Å². The second-order valence-electron chi connectivity index (χ2n) is 8.08. The van der Waals surface area contributed by atoms with E-state index in [0.29, 0.717) is 22.7 Å². The number of carbonyl (C=O) groups is 2. The highest BCUT2D eigenvalue weighted by Gasteiger charge is 2.32. The van der Waals surface area contributed by atoms with Gasteiger partial charge in [0.1, 0.15) is 5.69 Å². The van der Waals surface area contributed by atoms with Gasteiger partial charge in [0.15, 0.2) is 11.5 Å². The Hall–Kier alpha value is -4.25. The number of rotatable bonds is 6. The molecule has 35 heavy (non-hydrogen) atoms. The van der Waals surface area contributed by atoms with Gasteiger partial charge in [0.05, 0.1) is 38.3 Å². The molecule has 2 aromatic heterocycles. The molecule has 1 saturated heterocycles. The Morgan fingerprint density at radius 2 is 1.86 bits per heavy atom. The highest BCUT2D eigenvalue weighted by atomic mass is 16.5. The molecule has 0 unspecified atom stereocenters. The second kappa shape index (κ2) is 9.55. The van der Waals surface area contributed by atoms with Crippen LogP contribution in [0, 0.1) is 0 Å². The zero-order valence-corrected chi connectivity index (χ0v) is 19.4. The summed E-state index contributed by atoms with van der Waals surface area (Å²) in [6.45, 7) is 3.66. The lowest BCUT2D eigenvalue weighted by atomic mass is 10.1. The summed E-state index contributed by atoms with van der Waals surface area (Å²) in [5.74, 6) is 0.460. The first kappa shape index (κ1) is 22.5. The van der Waals surface area contributed by atoms with E-state index in [1.807, 2.05) is 6.07 Å². The van der Waals surface area contributed by atoms with Crippen molar-refractivity contribution in [3.63, 3.8) is 0 Å². The molecule has 0 aliphatic carbocycles. The van der Waals surface area contributed by atoms with Gasteiger partial charge < -0.3 is 25.0 Å². The minimum Gasteiger partial charge on any atom is -0.493 e. The van der Waals surface area contributed by atoms with E-state index >= 15 is 0 Å². The SMILES string of the molecule is COc1cc2c(cc1OC)C(=O)N(c1nccc(C(=O)Nc3cnccc3N3CCNCC3)n1)C2. The molecule has 3 aromatic rings. The highest BCUT2D eigenvalue weighted by Crippen LogP contribution is 2.36. The van der Waals surface area contributed by atoms with E-state index in [0.717, 1.165) is 37.4 Å². The van der Waals surface area contributed by atoms with Crippen LogP contribution in [0.25, 0.3) is 0 Å². The summed E-state index contributed by atoms with van der Waals surface area (Å²) in [4.78, 5) is 42.6. The van der Waals surface area contributed by atoms with Gasteiger partial charge >= 0.3 is 0 Å². The number of methoxy groups -OCH3 is 2. The van der Waals surface area contributed by atoms with E-state index < -0.39 is 5.91 Å². The fourth-order valence-corrected chi connectivity index (χ4v) is 4.26. The topological polar surface area (TPSA) is 122 Å². The van der Waals surface area contributed by atoms with Crippen LogP contribution in [0.3, 0.4) is 0 Å². The average Bonchev–Trinajstić information content (AvgIpc) is 3.23. The normalized spacial score (nSPS) is 15.1. The Kier molecular flexibility index (Phi) is 6.15. The number of anilines is 3. The summed E-state index contributed by atoms with van der Waals surface area (Å²) in [6, 6.07) is 6.81. The minimum absolute atomic E-state index is 0.143. The van der Waals surface area contributed by atoms with Crippen LogP contribution >= 0.6 is 0 Å². The van der Waals surface area contributed by atoms with Crippen molar-refractivity contribution in [3.8, 4) is 11.5 Å². The third kappa shape index (κ3) is 4.33. The number of fused-ring (bicyclic) bond motifs is 1. The zero-order valence-electron chi connectivity index (χ0n) is 19.4. The van der Waals surface area contributed by atoms with Crippen LogP contribution in [-0.4, -0.2) is 67.2 Å². The van der Waals surface area contributed by atoms with E-state index in [9.17, 15) is 9.59 Å². The van der Waals surface area contributed by atoms with Gasteiger partial charge in [-0.25, -0.2) is 9.97 Å². The first-order valence-corrected chi connectivity index (χ1v) is 11.2. The summed E-state index contributed by atoms with van der Waals surface area (Å²) in [5, 5.41) is 6.23. The number of benzene rings is 1. The van der Waals surface area contributed by atoms with Crippen LogP contribution in [-0.2, 0) is 6.54 Å². The van der Waals surface area contributed by atoms with E-state index in [2.05, 4.69) is 30.5 Å². The molecule has 2 amide bonds. The van der Waals surface area contributed by atoms with Gasteiger partial charge in [0.2, 0.25) is 5.95 Å². The van der Waals surface area contributed by atoms with Crippen molar-refractivity contribution in [3.05, 3.63) is 59.7 Å². The molecule has 11 heteroatoms. The van der Waals surface area contributed by atoms with Gasteiger partial charge in [-0.3, -0.25) is 19.5 Å². The van der Waals surface area contributed by atoms with Crippen molar-refractivity contribution >= 4 is 29.1 Å². The molecular weight excluding hydrogens is 450 g/mol. The zero-order chi connectivity index (χ0) is 24.4. The molecular formula is C24H25N7O4. The highest BCUT2D eigenvalue weighted by molar-refractivity contribution is 6.10. The quantitative estimate of drug-likeness (QED) is 0.549. The lowest BCUT2D eigenvalue weighted by Crippen LogP contribution is -2.43. The Bertz CT molecular complexity index is 1280. The Balaban J connectivity index is 1.37. The molecule has 4 heterocycles. The van der Waals surface area contributed by atoms with Gasteiger partial charge in [-0.15, -0.1) is 0 Å². The molecule has 11 nitrogen and oxygen atoms in total. The second-order valence-corrected chi connectivity index (χ2v) is 8.08. The van der Waals surface area contributed by atoms with Gasteiger partial charge in [-0.05, 0) is 29.8 Å². The van der Waals surface area contributed by atoms with Crippen molar-refractivity contribution in [1.82, 2.24) is 20.3 Å². The number of nitrogens with one attached hydrogen (secondary N) is 2. The fourth-order valence-electron chi connectivity index (χ4n) is 4.26. The smallest absolute Gasteiger partial charge is 0.274 e. The Morgan fingerprint density at radius 3 is 2.63 bits per heavy atom. The molecule has 2 aliphatic heterocycles. The lowest BCUT2D eigenvalue weighted by molar-refractivity contribution is 0.0989. The first-order chi connectivity index (χ1) is 17.1. The van der Waals surface area contributed by atoms with Crippen molar-refractivity contribution in [2.75, 3.05) is 55.5 Å². The molecule has 0 bridgehead atoms.